The van der Waals surface area contributed by atoms with E-state index in [2.05, 4.69) is 17.0 Å². The summed E-state index contributed by atoms with van der Waals surface area (Å²) in [6.45, 7) is 1.89. The summed E-state index contributed by atoms with van der Waals surface area (Å²) in [7, 11) is 2.14. The Kier molecular flexibility index (Phi) is 3.43. The number of hydrogen-bond acceptors (Lipinski definition) is 4. The van der Waals surface area contributed by atoms with Gasteiger partial charge in [-0.3, -0.25) is 4.79 Å². The number of fused-ring (bicyclic) bond motifs is 1. The molecule has 1 saturated heterocycles. The molecule has 4 nitrogen and oxygen atoms in total. The Bertz CT molecular complexity index is 499. The quantitative estimate of drug-likeness (QED) is 0.803. The third-order valence-electron chi connectivity index (χ3n) is 3.96. The first kappa shape index (κ1) is 12.2. The highest BCUT2D eigenvalue weighted by atomic mass is 32.2. The van der Waals surface area contributed by atoms with Gasteiger partial charge in [-0.1, -0.05) is 0 Å². The summed E-state index contributed by atoms with van der Waals surface area (Å²) in [5.74, 6) is 2.07. The summed E-state index contributed by atoms with van der Waals surface area (Å²) >= 11 is 1.89. The largest absolute Gasteiger partial charge is 0.302 e. The van der Waals surface area contributed by atoms with Crippen molar-refractivity contribution < 1.29 is 0 Å². The van der Waals surface area contributed by atoms with Crippen molar-refractivity contribution in [3.63, 3.8) is 0 Å². The van der Waals surface area contributed by atoms with E-state index in [1.807, 2.05) is 11.8 Å². The maximum atomic E-state index is 12.1. The van der Waals surface area contributed by atoms with Crippen LogP contribution in [0.5, 0.6) is 0 Å². The van der Waals surface area contributed by atoms with E-state index in [1.54, 1.807) is 10.7 Å². The molecule has 0 aromatic carbocycles. The van der Waals surface area contributed by atoms with Crippen LogP contribution in [0.25, 0.3) is 0 Å². The molecule has 0 saturated carbocycles. The van der Waals surface area contributed by atoms with E-state index in [9.17, 15) is 4.79 Å². The Hall–Kier alpha value is -0.810. The number of aryl methyl sites for hydroxylation is 1. The Labute approximate surface area is 111 Å². The zero-order valence-electron chi connectivity index (χ0n) is 10.8. The van der Waals surface area contributed by atoms with Crippen molar-refractivity contribution in [2.45, 2.75) is 37.6 Å². The SMILES string of the molecule is CN1CCCC1Cn1nc2c(cc1=O)CSCC2. The van der Waals surface area contributed by atoms with Gasteiger partial charge in [0.25, 0.3) is 5.56 Å². The van der Waals surface area contributed by atoms with Gasteiger partial charge in [-0.25, -0.2) is 4.68 Å². The van der Waals surface area contributed by atoms with E-state index in [0.29, 0.717) is 6.04 Å². The van der Waals surface area contributed by atoms with Crippen LogP contribution in [0.1, 0.15) is 24.1 Å². The molecule has 3 heterocycles. The zero-order chi connectivity index (χ0) is 12.5. The molecule has 5 heteroatoms. The molecule has 3 rings (SSSR count). The second-order valence-corrected chi connectivity index (χ2v) is 6.32. The van der Waals surface area contributed by atoms with Crippen molar-refractivity contribution in [1.29, 1.82) is 0 Å². The smallest absolute Gasteiger partial charge is 0.267 e. The van der Waals surface area contributed by atoms with Crippen molar-refractivity contribution in [2.75, 3.05) is 19.3 Å². The fraction of sp³-hybridized carbons (Fsp3) is 0.692. The van der Waals surface area contributed by atoms with Gasteiger partial charge in [0.05, 0.1) is 12.2 Å². The van der Waals surface area contributed by atoms with Crippen molar-refractivity contribution >= 4 is 11.8 Å². The third kappa shape index (κ3) is 2.34. The molecule has 0 radical (unpaired) electrons. The number of aromatic nitrogens is 2. The first-order chi connectivity index (χ1) is 8.74. The predicted octanol–water partition coefficient (Wildman–Crippen LogP) is 1.13. The summed E-state index contributed by atoms with van der Waals surface area (Å²) in [6.07, 6.45) is 3.41. The zero-order valence-corrected chi connectivity index (χ0v) is 11.6. The lowest BCUT2D eigenvalue weighted by Gasteiger charge is -2.21. The molecule has 98 valence electrons. The van der Waals surface area contributed by atoms with Crippen molar-refractivity contribution in [3.05, 3.63) is 27.7 Å². The monoisotopic (exact) mass is 265 g/mol. The van der Waals surface area contributed by atoms with Crippen LogP contribution in [0.15, 0.2) is 10.9 Å². The van der Waals surface area contributed by atoms with Gasteiger partial charge in [0.15, 0.2) is 0 Å². The molecule has 0 aliphatic carbocycles. The Morgan fingerprint density at radius 1 is 1.56 bits per heavy atom. The minimum absolute atomic E-state index is 0.0663. The van der Waals surface area contributed by atoms with Crippen LogP contribution in [0.2, 0.25) is 0 Å². The molecule has 18 heavy (non-hydrogen) atoms. The van der Waals surface area contributed by atoms with Crippen LogP contribution in [0.3, 0.4) is 0 Å². The number of likely N-dealkylation sites (N-methyl/N-ethyl adjacent to an activating group) is 1. The summed E-state index contributed by atoms with van der Waals surface area (Å²) < 4.78 is 1.68. The summed E-state index contributed by atoms with van der Waals surface area (Å²) in [5.41, 5.74) is 2.35. The molecule has 0 spiro atoms. The normalized spacial score (nSPS) is 24.2. The van der Waals surface area contributed by atoms with Crippen LogP contribution >= 0.6 is 11.8 Å². The van der Waals surface area contributed by atoms with E-state index in [4.69, 9.17) is 0 Å². The van der Waals surface area contributed by atoms with Crippen molar-refractivity contribution in [2.24, 2.45) is 0 Å². The van der Waals surface area contributed by atoms with Gasteiger partial charge in [0.1, 0.15) is 0 Å². The Morgan fingerprint density at radius 2 is 2.44 bits per heavy atom. The van der Waals surface area contributed by atoms with E-state index in [-0.39, 0.29) is 5.56 Å². The second-order valence-electron chi connectivity index (χ2n) is 5.22. The molecule has 1 fully saturated rings. The highest BCUT2D eigenvalue weighted by Gasteiger charge is 2.22. The molecular formula is C13H19N3OS. The molecule has 0 N–H and O–H groups in total. The number of hydrogen-bond donors (Lipinski definition) is 0. The molecule has 1 aromatic heterocycles. The minimum atomic E-state index is 0.0663. The summed E-state index contributed by atoms with van der Waals surface area (Å²) in [6, 6.07) is 2.27. The maximum absolute atomic E-state index is 12.1. The molecule has 2 aliphatic heterocycles. The lowest BCUT2D eigenvalue weighted by atomic mass is 10.2. The fourth-order valence-electron chi connectivity index (χ4n) is 2.79. The third-order valence-corrected chi connectivity index (χ3v) is 4.97. The van der Waals surface area contributed by atoms with Crippen LogP contribution in [0, 0.1) is 0 Å². The highest BCUT2D eigenvalue weighted by molar-refractivity contribution is 7.98. The first-order valence-corrected chi connectivity index (χ1v) is 7.77. The average molecular weight is 265 g/mol. The maximum Gasteiger partial charge on any atom is 0.267 e. The van der Waals surface area contributed by atoms with Crippen LogP contribution in [-0.4, -0.2) is 40.1 Å². The summed E-state index contributed by atoms with van der Waals surface area (Å²) in [5, 5.41) is 4.57. The lowest BCUT2D eigenvalue weighted by molar-refractivity contribution is 0.269. The molecule has 1 unspecified atom stereocenters. The van der Waals surface area contributed by atoms with Gasteiger partial charge in [0, 0.05) is 24.3 Å². The van der Waals surface area contributed by atoms with E-state index in [0.717, 1.165) is 42.3 Å². The van der Waals surface area contributed by atoms with Crippen molar-refractivity contribution in [3.8, 4) is 0 Å². The minimum Gasteiger partial charge on any atom is -0.302 e. The van der Waals surface area contributed by atoms with Crippen LogP contribution in [0.4, 0.5) is 0 Å². The number of rotatable bonds is 2. The first-order valence-electron chi connectivity index (χ1n) is 6.62. The van der Waals surface area contributed by atoms with Crippen LogP contribution in [-0.2, 0) is 18.7 Å². The average Bonchev–Trinajstić information content (AvgIpc) is 2.76. The molecule has 1 aromatic rings. The van der Waals surface area contributed by atoms with Gasteiger partial charge in [-0.2, -0.15) is 16.9 Å². The standard InChI is InChI=1S/C13H19N3OS/c1-15-5-2-3-11(15)8-16-13(17)7-10-9-18-6-4-12(10)14-16/h7,11H,2-6,8-9H2,1H3. The molecule has 2 aliphatic rings. The Balaban J connectivity index is 1.85. The van der Waals surface area contributed by atoms with Gasteiger partial charge >= 0.3 is 0 Å². The summed E-state index contributed by atoms with van der Waals surface area (Å²) in [4.78, 5) is 14.4. The van der Waals surface area contributed by atoms with Gasteiger partial charge in [-0.15, -0.1) is 0 Å². The van der Waals surface area contributed by atoms with Gasteiger partial charge in [0.2, 0.25) is 0 Å². The van der Waals surface area contributed by atoms with E-state index < -0.39 is 0 Å². The van der Waals surface area contributed by atoms with Crippen molar-refractivity contribution in [1.82, 2.24) is 14.7 Å². The Morgan fingerprint density at radius 3 is 3.22 bits per heavy atom. The van der Waals surface area contributed by atoms with E-state index >= 15 is 0 Å². The van der Waals surface area contributed by atoms with E-state index in [1.165, 1.54) is 12.8 Å². The molecule has 0 bridgehead atoms. The molecular weight excluding hydrogens is 246 g/mol. The van der Waals surface area contributed by atoms with Gasteiger partial charge in [-0.05, 0) is 37.8 Å². The molecule has 1 atom stereocenters. The number of thioether (sulfide) groups is 1. The fourth-order valence-corrected chi connectivity index (χ4v) is 3.74. The highest BCUT2D eigenvalue weighted by Crippen LogP contribution is 2.21. The number of nitrogens with zero attached hydrogens (tertiary/aromatic N) is 3. The van der Waals surface area contributed by atoms with Gasteiger partial charge < -0.3 is 4.90 Å². The second kappa shape index (κ2) is 5.05. The van der Waals surface area contributed by atoms with Crippen LogP contribution < -0.4 is 5.56 Å². The lowest BCUT2D eigenvalue weighted by Crippen LogP contribution is -2.35. The predicted molar refractivity (Wildman–Crippen MR) is 74.0 cm³/mol. The molecule has 0 amide bonds. The number of likely N-dealkylation sites (tertiary alicyclic amines) is 1. The topological polar surface area (TPSA) is 38.1 Å².